The van der Waals surface area contributed by atoms with E-state index < -0.39 is 5.78 Å². The molecule has 0 radical (unpaired) electrons. The molecule has 0 fully saturated rings. The van der Waals surface area contributed by atoms with Gasteiger partial charge in [0.15, 0.2) is 0 Å². The average Bonchev–Trinajstić information content (AvgIpc) is 3.44. The third-order valence-electron chi connectivity index (χ3n) is 5.10. The van der Waals surface area contributed by atoms with Gasteiger partial charge in [-0.1, -0.05) is 40.5 Å². The molecule has 0 amide bonds. The van der Waals surface area contributed by atoms with E-state index >= 15 is 0 Å². The van der Waals surface area contributed by atoms with Gasteiger partial charge in [0.05, 0.1) is 24.4 Å². The minimum atomic E-state index is -0.504. The molecule has 164 valence electrons. The normalized spacial score (nSPS) is 11.1. The van der Waals surface area contributed by atoms with Crippen molar-refractivity contribution in [2.24, 2.45) is 0 Å². The highest BCUT2D eigenvalue weighted by Gasteiger charge is 2.27. The summed E-state index contributed by atoms with van der Waals surface area (Å²) in [4.78, 5) is 25.8. The first-order valence-electron chi connectivity index (χ1n) is 9.80. The number of aromatic nitrogens is 5. The van der Waals surface area contributed by atoms with Gasteiger partial charge in [0.1, 0.15) is 16.6 Å². The van der Waals surface area contributed by atoms with Crippen molar-refractivity contribution in [2.45, 2.75) is 6.54 Å². The second kappa shape index (κ2) is 8.65. The number of halogens is 2. The summed E-state index contributed by atoms with van der Waals surface area (Å²) in [7, 11) is 1.56. The molecular weight excluding hydrogens is 465 g/mol. The van der Waals surface area contributed by atoms with Crippen LogP contribution in [0, 0.1) is 0 Å². The van der Waals surface area contributed by atoms with Crippen molar-refractivity contribution in [3.63, 3.8) is 0 Å². The minimum Gasteiger partial charge on any atom is -0.497 e. The summed E-state index contributed by atoms with van der Waals surface area (Å²) in [5.41, 5.74) is 2.36. The van der Waals surface area contributed by atoms with Gasteiger partial charge in [0.25, 0.3) is 11.7 Å². The van der Waals surface area contributed by atoms with E-state index in [2.05, 4.69) is 20.1 Å². The Morgan fingerprint density at radius 3 is 2.67 bits per heavy atom. The van der Waals surface area contributed by atoms with Crippen molar-refractivity contribution in [3.8, 4) is 17.3 Å². The first-order valence-corrected chi connectivity index (χ1v) is 10.6. The maximum atomic E-state index is 13.4. The van der Waals surface area contributed by atoms with E-state index in [-0.39, 0.29) is 22.4 Å². The molecule has 0 atom stereocenters. The summed E-state index contributed by atoms with van der Waals surface area (Å²) in [5.74, 6) is 0.0364. The highest BCUT2D eigenvalue weighted by molar-refractivity contribution is 6.36. The van der Waals surface area contributed by atoms with Crippen molar-refractivity contribution in [1.82, 2.24) is 24.7 Å². The van der Waals surface area contributed by atoms with Crippen LogP contribution in [0.25, 0.3) is 22.4 Å². The maximum absolute atomic E-state index is 13.4. The number of hydrogen-bond donors (Lipinski definition) is 0. The van der Waals surface area contributed by atoms with Crippen LogP contribution in [-0.2, 0) is 6.54 Å². The number of rotatable bonds is 6. The summed E-state index contributed by atoms with van der Waals surface area (Å²) >= 11 is 12.8. The summed E-state index contributed by atoms with van der Waals surface area (Å²) in [6, 6.07) is 12.8. The molecule has 2 aromatic carbocycles. The molecule has 10 heteroatoms. The molecule has 5 rings (SSSR count). The number of ketones is 1. The Morgan fingerprint density at radius 2 is 1.94 bits per heavy atom. The van der Waals surface area contributed by atoms with Gasteiger partial charge in [0, 0.05) is 29.3 Å². The Kier molecular flexibility index (Phi) is 5.53. The zero-order valence-corrected chi connectivity index (χ0v) is 18.7. The highest BCUT2D eigenvalue weighted by Crippen LogP contribution is 2.35. The van der Waals surface area contributed by atoms with Gasteiger partial charge in [-0.25, -0.2) is 4.98 Å². The van der Waals surface area contributed by atoms with E-state index in [1.807, 2.05) is 28.8 Å². The van der Waals surface area contributed by atoms with E-state index in [1.54, 1.807) is 25.3 Å². The Labute approximate surface area is 197 Å². The van der Waals surface area contributed by atoms with Crippen molar-refractivity contribution in [2.75, 3.05) is 7.11 Å². The van der Waals surface area contributed by atoms with Crippen molar-refractivity contribution < 1.29 is 14.1 Å². The second-order valence-corrected chi connectivity index (χ2v) is 7.90. The van der Waals surface area contributed by atoms with Crippen LogP contribution in [0.3, 0.4) is 0 Å². The summed E-state index contributed by atoms with van der Waals surface area (Å²) in [6.07, 6.45) is 4.51. The van der Waals surface area contributed by atoms with Crippen LogP contribution in [0.4, 0.5) is 0 Å². The average molecular weight is 480 g/mol. The molecule has 0 bridgehead atoms. The van der Waals surface area contributed by atoms with Crippen LogP contribution < -0.4 is 4.74 Å². The molecule has 8 nitrogen and oxygen atoms in total. The van der Waals surface area contributed by atoms with Gasteiger partial charge < -0.3 is 13.8 Å². The molecule has 0 N–H and O–H groups in total. The number of methoxy groups -OCH3 is 1. The molecule has 0 spiro atoms. The Bertz CT molecular complexity index is 1460. The summed E-state index contributed by atoms with van der Waals surface area (Å²) in [5, 5.41) is 5.36. The fourth-order valence-corrected chi connectivity index (χ4v) is 3.98. The lowest BCUT2D eigenvalue weighted by Crippen LogP contribution is -2.04. The van der Waals surface area contributed by atoms with Crippen molar-refractivity contribution >= 4 is 39.9 Å². The van der Waals surface area contributed by atoms with Crippen LogP contribution in [0.1, 0.15) is 21.8 Å². The Morgan fingerprint density at radius 1 is 1.12 bits per heavy atom. The zero-order valence-electron chi connectivity index (χ0n) is 17.2. The molecule has 33 heavy (non-hydrogen) atoms. The highest BCUT2D eigenvalue weighted by atomic mass is 35.5. The number of hydrogen-bond acceptors (Lipinski definition) is 7. The molecule has 0 saturated carbocycles. The molecule has 0 unspecified atom stereocenters. The van der Waals surface area contributed by atoms with Crippen LogP contribution in [0.2, 0.25) is 10.2 Å². The number of carbonyl (C=O) groups excluding carboxylic acids is 1. The van der Waals surface area contributed by atoms with Crippen LogP contribution in [0.5, 0.6) is 5.75 Å². The van der Waals surface area contributed by atoms with Gasteiger partial charge in [-0.05, 0) is 35.9 Å². The molecule has 0 aliphatic heterocycles. The number of fused-ring (bicyclic) bond motifs is 1. The van der Waals surface area contributed by atoms with Crippen molar-refractivity contribution in [1.29, 1.82) is 0 Å². The predicted molar refractivity (Wildman–Crippen MR) is 123 cm³/mol. The molecule has 0 saturated heterocycles. The SMILES string of the molecule is COc1ccc2c(c1)c(C(=O)c1nc(-c3cnccn3)no1)c(Cl)n2Cc1ccc(Cl)cc1. The maximum Gasteiger partial charge on any atom is 0.299 e. The fourth-order valence-electron chi connectivity index (χ4n) is 3.51. The minimum absolute atomic E-state index is 0.157. The number of carbonyl (C=O) groups is 1. The monoisotopic (exact) mass is 479 g/mol. The smallest absolute Gasteiger partial charge is 0.299 e. The fraction of sp³-hybridized carbons (Fsp3) is 0.0870. The zero-order chi connectivity index (χ0) is 22.9. The quantitative estimate of drug-likeness (QED) is 0.313. The largest absolute Gasteiger partial charge is 0.497 e. The second-order valence-electron chi connectivity index (χ2n) is 7.10. The molecule has 0 aliphatic carbocycles. The number of nitrogens with zero attached hydrogens (tertiary/aromatic N) is 5. The lowest BCUT2D eigenvalue weighted by Gasteiger charge is -2.08. The van der Waals surface area contributed by atoms with Crippen molar-refractivity contribution in [3.05, 3.63) is 88.2 Å². The first-order chi connectivity index (χ1) is 16.0. The van der Waals surface area contributed by atoms with E-state index in [0.29, 0.717) is 28.4 Å². The lowest BCUT2D eigenvalue weighted by atomic mass is 10.1. The Hall–Kier alpha value is -3.75. The van der Waals surface area contributed by atoms with Gasteiger partial charge in [-0.2, -0.15) is 4.98 Å². The van der Waals surface area contributed by atoms with Gasteiger partial charge in [0.2, 0.25) is 5.82 Å². The lowest BCUT2D eigenvalue weighted by molar-refractivity contribution is 0.0995. The standard InChI is InChI=1S/C23H15Cl2N5O3/c1-32-15-6-7-18-16(10-15)19(21(25)30(18)12-13-2-4-14(24)5-3-13)20(31)23-28-22(29-33-23)17-11-26-8-9-27-17/h2-11H,12H2,1H3. The first kappa shape index (κ1) is 21.1. The molecule has 5 aromatic rings. The van der Waals surface area contributed by atoms with Crippen LogP contribution in [-0.4, -0.2) is 37.6 Å². The van der Waals surface area contributed by atoms with E-state index in [0.717, 1.165) is 11.1 Å². The van der Waals surface area contributed by atoms with E-state index in [4.69, 9.17) is 32.5 Å². The summed E-state index contributed by atoms with van der Waals surface area (Å²) in [6.45, 7) is 0.431. The third-order valence-corrected chi connectivity index (χ3v) is 5.75. The van der Waals surface area contributed by atoms with Crippen LogP contribution >= 0.6 is 23.2 Å². The third kappa shape index (κ3) is 3.94. The van der Waals surface area contributed by atoms with E-state index in [1.165, 1.54) is 18.6 Å². The van der Waals surface area contributed by atoms with Crippen LogP contribution in [0.15, 0.2) is 65.6 Å². The van der Waals surface area contributed by atoms with Gasteiger partial charge >= 0.3 is 0 Å². The molecule has 3 aromatic heterocycles. The van der Waals surface area contributed by atoms with E-state index in [9.17, 15) is 4.79 Å². The molecular formula is C23H15Cl2N5O3. The summed E-state index contributed by atoms with van der Waals surface area (Å²) < 4.78 is 12.4. The topological polar surface area (TPSA) is 95.9 Å². The number of benzene rings is 2. The predicted octanol–water partition coefficient (Wildman–Crippen LogP) is 5.08. The Balaban J connectivity index is 1.61. The van der Waals surface area contributed by atoms with Gasteiger partial charge in [-0.3, -0.25) is 9.78 Å². The number of ether oxygens (including phenoxy) is 1. The molecule has 0 aliphatic rings. The molecule has 3 heterocycles. The van der Waals surface area contributed by atoms with Gasteiger partial charge in [-0.15, -0.1) is 0 Å².